The van der Waals surface area contributed by atoms with Crippen LogP contribution in [0.2, 0.25) is 0 Å². The van der Waals surface area contributed by atoms with Gasteiger partial charge in [-0.05, 0) is 47.9 Å². The second-order valence-corrected chi connectivity index (χ2v) is 9.22. The molecule has 184 valence electrons. The maximum absolute atomic E-state index is 13.9. The van der Waals surface area contributed by atoms with E-state index in [-0.39, 0.29) is 25.4 Å². The fourth-order valence-electron chi connectivity index (χ4n) is 5.82. The Labute approximate surface area is 198 Å². The number of alkyl halides is 3. The molecule has 1 atom stereocenters. The van der Waals surface area contributed by atoms with Crippen molar-refractivity contribution in [3.8, 4) is 11.1 Å². The Bertz CT molecular complexity index is 1140. The number of carboxylic acids is 1. The number of nitrogens with zero attached hydrogens (tertiary/aromatic N) is 1. The van der Waals surface area contributed by atoms with Crippen LogP contribution in [-0.2, 0) is 14.3 Å². The molecular weight excluding hydrogens is 465 g/mol. The number of amides is 2. The van der Waals surface area contributed by atoms with Crippen LogP contribution in [0.25, 0.3) is 11.1 Å². The summed E-state index contributed by atoms with van der Waals surface area (Å²) in [5.41, 5.74) is 2.05. The van der Waals surface area contributed by atoms with Crippen LogP contribution in [-0.4, -0.2) is 58.4 Å². The van der Waals surface area contributed by atoms with Crippen LogP contribution >= 0.6 is 0 Å². The molecule has 3 aliphatic rings. The topological polar surface area (TPSA) is 95.9 Å². The quantitative estimate of drug-likeness (QED) is 0.662. The van der Waals surface area contributed by atoms with Crippen molar-refractivity contribution in [2.24, 2.45) is 0 Å². The molecule has 0 spiro atoms. The summed E-state index contributed by atoms with van der Waals surface area (Å²) in [7, 11) is 0. The number of ether oxygens (including phenoxy) is 1. The van der Waals surface area contributed by atoms with Crippen molar-refractivity contribution < 1.29 is 37.4 Å². The molecule has 2 amide bonds. The van der Waals surface area contributed by atoms with Crippen LogP contribution in [0.1, 0.15) is 42.7 Å². The minimum Gasteiger partial charge on any atom is -0.479 e. The molecule has 2 bridgehead atoms. The van der Waals surface area contributed by atoms with Gasteiger partial charge in [-0.25, -0.2) is 9.59 Å². The van der Waals surface area contributed by atoms with Crippen molar-refractivity contribution in [1.82, 2.24) is 10.2 Å². The molecule has 2 aliphatic heterocycles. The highest BCUT2D eigenvalue weighted by Gasteiger charge is 2.62. The van der Waals surface area contributed by atoms with Gasteiger partial charge >= 0.3 is 18.2 Å². The van der Waals surface area contributed by atoms with Crippen LogP contribution < -0.4 is 5.32 Å². The minimum absolute atomic E-state index is 0.0915. The Kier molecular flexibility index (Phi) is 5.49. The van der Waals surface area contributed by atoms with E-state index < -0.39 is 41.8 Å². The molecule has 2 aromatic rings. The third-order valence-electron chi connectivity index (χ3n) is 7.42. The lowest BCUT2D eigenvalue weighted by Gasteiger charge is -2.34. The second-order valence-electron chi connectivity index (χ2n) is 9.22. The van der Waals surface area contributed by atoms with Gasteiger partial charge in [0.05, 0.1) is 0 Å². The van der Waals surface area contributed by atoms with Gasteiger partial charge in [0.2, 0.25) is 6.04 Å². The summed E-state index contributed by atoms with van der Waals surface area (Å²) >= 11 is 0. The first-order valence-electron chi connectivity index (χ1n) is 11.4. The lowest BCUT2D eigenvalue weighted by molar-refractivity contribution is -0.180. The van der Waals surface area contributed by atoms with Crippen molar-refractivity contribution in [1.29, 1.82) is 0 Å². The molecule has 7 nitrogen and oxygen atoms in total. The van der Waals surface area contributed by atoms with Crippen LogP contribution in [0, 0.1) is 0 Å². The van der Waals surface area contributed by atoms with E-state index in [1.807, 2.05) is 48.5 Å². The highest BCUT2D eigenvalue weighted by Crippen LogP contribution is 2.48. The third kappa shape index (κ3) is 3.71. The number of rotatable bonds is 5. The number of aliphatic carboxylic acids is 1. The highest BCUT2D eigenvalue weighted by atomic mass is 19.4. The van der Waals surface area contributed by atoms with Crippen LogP contribution in [0.15, 0.2) is 48.5 Å². The van der Waals surface area contributed by atoms with Gasteiger partial charge in [0.25, 0.3) is 5.91 Å². The average Bonchev–Trinajstić information content (AvgIpc) is 3.49. The first-order valence-corrected chi connectivity index (χ1v) is 11.4. The lowest BCUT2D eigenvalue weighted by atomic mass is 9.88. The Hall–Kier alpha value is -3.56. The third-order valence-corrected chi connectivity index (χ3v) is 7.42. The summed E-state index contributed by atoms with van der Waals surface area (Å²) in [4.78, 5) is 38.1. The van der Waals surface area contributed by atoms with E-state index in [1.54, 1.807) is 5.32 Å². The largest absolute Gasteiger partial charge is 0.479 e. The summed E-state index contributed by atoms with van der Waals surface area (Å²) in [6.07, 6.45) is -5.70. The molecule has 0 saturated carbocycles. The summed E-state index contributed by atoms with van der Waals surface area (Å²) in [5, 5.41) is 11.3. The van der Waals surface area contributed by atoms with Gasteiger partial charge in [0, 0.05) is 12.0 Å². The molecule has 2 heterocycles. The molecule has 2 saturated heterocycles. The number of carbonyl (C=O) groups is 3. The Morgan fingerprint density at radius 1 is 1.03 bits per heavy atom. The zero-order valence-electron chi connectivity index (χ0n) is 18.5. The van der Waals surface area contributed by atoms with E-state index in [2.05, 4.69) is 0 Å². The SMILES string of the molecule is O=C(NC(C(=O)N1C2CCC1(C(=O)O)CC2)C(F)(F)F)OCC1c2ccccc2-c2ccccc21. The van der Waals surface area contributed by atoms with Gasteiger partial charge in [0.1, 0.15) is 12.1 Å². The first-order chi connectivity index (χ1) is 16.6. The smallest absolute Gasteiger partial charge is 0.417 e. The fourth-order valence-corrected chi connectivity index (χ4v) is 5.82. The first kappa shape index (κ1) is 23.2. The highest BCUT2D eigenvalue weighted by molar-refractivity contribution is 5.93. The van der Waals surface area contributed by atoms with Crippen LogP contribution in [0.5, 0.6) is 0 Å². The normalized spacial score (nSPS) is 23.5. The lowest BCUT2D eigenvalue weighted by Crippen LogP contribution is -2.61. The molecule has 2 fully saturated rings. The minimum atomic E-state index is -5.12. The van der Waals surface area contributed by atoms with Crippen LogP contribution in [0.4, 0.5) is 18.0 Å². The number of carboxylic acid groups (broad SMARTS) is 1. The molecule has 35 heavy (non-hydrogen) atoms. The Morgan fingerprint density at radius 3 is 2.09 bits per heavy atom. The van der Waals surface area contributed by atoms with Crippen molar-refractivity contribution in [2.75, 3.05) is 6.61 Å². The molecule has 2 N–H and O–H groups in total. The van der Waals surface area contributed by atoms with E-state index in [1.165, 1.54) is 0 Å². The van der Waals surface area contributed by atoms with E-state index in [0.29, 0.717) is 12.8 Å². The van der Waals surface area contributed by atoms with Crippen LogP contribution in [0.3, 0.4) is 0 Å². The monoisotopic (exact) mass is 488 g/mol. The molecule has 0 aromatic heterocycles. The number of carbonyl (C=O) groups excluding carboxylic acids is 2. The zero-order valence-corrected chi connectivity index (χ0v) is 18.5. The van der Waals surface area contributed by atoms with Crippen molar-refractivity contribution in [2.45, 2.75) is 55.4 Å². The summed E-state index contributed by atoms with van der Waals surface area (Å²) in [6.45, 7) is -0.218. The zero-order chi connectivity index (χ0) is 25.0. The number of fused-ring (bicyclic) bond motifs is 5. The maximum Gasteiger partial charge on any atom is 0.417 e. The number of hydrogen-bond donors (Lipinski definition) is 2. The standard InChI is InChI=1S/C25H23F3N2O5/c26-25(27,28)20(21(31)30-14-9-11-24(30,12-10-14)22(32)33)29-23(34)35-13-19-17-7-3-1-5-15(17)16-6-2-4-8-18(16)19/h1-8,14,19-20H,9-13H2,(H,29,34)(H,32,33). The predicted octanol–water partition coefficient (Wildman–Crippen LogP) is 4.06. The number of hydrogen-bond acceptors (Lipinski definition) is 4. The molecule has 1 aliphatic carbocycles. The van der Waals surface area contributed by atoms with E-state index in [4.69, 9.17) is 4.74 Å². The number of nitrogens with one attached hydrogen (secondary N) is 1. The summed E-state index contributed by atoms with van der Waals surface area (Å²) in [5.74, 6) is -3.15. The van der Waals surface area contributed by atoms with Gasteiger partial charge in [0.15, 0.2) is 0 Å². The molecular formula is C25H23F3N2O5. The van der Waals surface area contributed by atoms with Gasteiger partial charge in [-0.2, -0.15) is 13.2 Å². The fraction of sp³-hybridized carbons (Fsp3) is 0.400. The molecule has 5 rings (SSSR count). The number of alkyl carbamates (subject to hydrolysis) is 1. The molecule has 2 aromatic carbocycles. The predicted molar refractivity (Wildman–Crippen MR) is 118 cm³/mol. The van der Waals surface area contributed by atoms with E-state index in [9.17, 15) is 32.7 Å². The van der Waals surface area contributed by atoms with Gasteiger partial charge in [-0.15, -0.1) is 0 Å². The molecule has 0 radical (unpaired) electrons. The maximum atomic E-state index is 13.9. The number of halogens is 3. The Balaban J connectivity index is 1.32. The van der Waals surface area contributed by atoms with Gasteiger partial charge in [-0.1, -0.05) is 48.5 Å². The Morgan fingerprint density at radius 2 is 1.57 bits per heavy atom. The molecule has 10 heteroatoms. The summed E-state index contributed by atoms with van der Waals surface area (Å²) < 4.78 is 46.7. The average molecular weight is 488 g/mol. The van der Waals surface area contributed by atoms with Crippen molar-refractivity contribution in [3.05, 3.63) is 59.7 Å². The summed E-state index contributed by atoms with van der Waals surface area (Å²) in [6, 6.07) is 11.5. The molecule has 1 unspecified atom stereocenters. The van der Waals surface area contributed by atoms with Crippen molar-refractivity contribution in [3.63, 3.8) is 0 Å². The van der Waals surface area contributed by atoms with Gasteiger partial charge in [-0.3, -0.25) is 4.79 Å². The number of benzene rings is 2. The van der Waals surface area contributed by atoms with E-state index in [0.717, 1.165) is 27.2 Å². The van der Waals surface area contributed by atoms with Gasteiger partial charge < -0.3 is 20.1 Å². The van der Waals surface area contributed by atoms with E-state index >= 15 is 0 Å². The van der Waals surface area contributed by atoms with Crippen molar-refractivity contribution >= 4 is 18.0 Å². The second kappa shape index (κ2) is 8.28.